The molecule has 3 aromatic rings. The number of hydrogen-bond donors (Lipinski definition) is 0. The van der Waals surface area contributed by atoms with Crippen LogP contribution < -0.4 is 4.74 Å². The lowest BCUT2D eigenvalue weighted by atomic mass is 10.1. The zero-order chi connectivity index (χ0) is 21.8. The molecule has 1 aromatic heterocycles. The van der Waals surface area contributed by atoms with E-state index in [4.69, 9.17) is 17.0 Å². The fourth-order valence-corrected chi connectivity index (χ4v) is 4.27. The van der Waals surface area contributed by atoms with Crippen molar-refractivity contribution in [2.24, 2.45) is 0 Å². The highest BCUT2D eigenvalue weighted by molar-refractivity contribution is 8.26. The number of thioether (sulfide) groups is 1. The third kappa shape index (κ3) is 4.87. The Kier molecular flexibility index (Phi) is 6.20. The first-order chi connectivity index (χ1) is 15.0. The van der Waals surface area contributed by atoms with E-state index in [1.165, 1.54) is 28.8 Å². The van der Waals surface area contributed by atoms with Crippen LogP contribution in [0.3, 0.4) is 0 Å². The number of carbonyl (C=O) groups excluding carboxylic acids is 2. The Bertz CT molecular complexity index is 1180. The third-order valence-electron chi connectivity index (χ3n) is 4.56. The molecule has 1 saturated heterocycles. The predicted molar refractivity (Wildman–Crippen MR) is 121 cm³/mol. The molecule has 0 atom stereocenters. The molecule has 0 unspecified atom stereocenters. The zero-order valence-corrected chi connectivity index (χ0v) is 17.7. The van der Waals surface area contributed by atoms with Crippen molar-refractivity contribution in [3.05, 3.63) is 88.8 Å². The van der Waals surface area contributed by atoms with Crippen molar-refractivity contribution in [2.75, 3.05) is 0 Å². The van der Waals surface area contributed by atoms with E-state index in [9.17, 15) is 14.0 Å². The maximum Gasteiger partial charge on any atom is 0.298 e. The number of rotatable bonds is 6. The first kappa shape index (κ1) is 20.9. The van der Waals surface area contributed by atoms with Gasteiger partial charge in [0.05, 0.1) is 17.1 Å². The second-order valence-electron chi connectivity index (χ2n) is 6.60. The van der Waals surface area contributed by atoms with Gasteiger partial charge in [-0.2, -0.15) is 0 Å². The maximum absolute atomic E-state index is 13.1. The third-order valence-corrected chi connectivity index (χ3v) is 5.94. The molecule has 2 aromatic carbocycles. The highest BCUT2D eigenvalue weighted by atomic mass is 32.2. The van der Waals surface area contributed by atoms with Gasteiger partial charge in [0.15, 0.2) is 0 Å². The van der Waals surface area contributed by atoms with Gasteiger partial charge in [-0.3, -0.25) is 19.5 Å². The van der Waals surface area contributed by atoms with E-state index in [1.807, 2.05) is 24.3 Å². The van der Waals surface area contributed by atoms with Gasteiger partial charge in [0, 0.05) is 6.20 Å². The number of benzene rings is 2. The number of hydrogen-bond acceptors (Lipinski definition) is 6. The minimum absolute atomic E-state index is 0.207. The van der Waals surface area contributed by atoms with Gasteiger partial charge in [0.25, 0.3) is 12.4 Å². The van der Waals surface area contributed by atoms with Gasteiger partial charge in [0.1, 0.15) is 15.9 Å². The largest absolute Gasteiger partial charge is 0.429 e. The molecule has 0 N–H and O–H groups in total. The number of ether oxygens (including phenoxy) is 1. The van der Waals surface area contributed by atoms with Gasteiger partial charge < -0.3 is 4.74 Å². The van der Waals surface area contributed by atoms with Crippen LogP contribution in [0.2, 0.25) is 0 Å². The second-order valence-corrected chi connectivity index (χ2v) is 8.28. The number of pyridine rings is 1. The van der Waals surface area contributed by atoms with E-state index in [-0.39, 0.29) is 18.3 Å². The topological polar surface area (TPSA) is 59.5 Å². The first-order valence-corrected chi connectivity index (χ1v) is 10.4. The first-order valence-electron chi connectivity index (χ1n) is 9.20. The fraction of sp³-hybridized carbons (Fsp3) is 0.0435. The molecule has 1 amide bonds. The Morgan fingerprint density at radius 2 is 1.81 bits per heavy atom. The molecular formula is C23H15FN2O3S2. The smallest absolute Gasteiger partial charge is 0.298 e. The molecule has 2 heterocycles. The van der Waals surface area contributed by atoms with Crippen LogP contribution in [0.5, 0.6) is 5.75 Å². The van der Waals surface area contributed by atoms with Gasteiger partial charge in [-0.25, -0.2) is 4.39 Å². The van der Waals surface area contributed by atoms with E-state index >= 15 is 0 Å². The summed E-state index contributed by atoms with van der Waals surface area (Å²) in [6.07, 6.45) is 3.37. The van der Waals surface area contributed by atoms with Crippen LogP contribution in [-0.4, -0.2) is 26.6 Å². The Balaban J connectivity index is 1.53. The normalized spacial score (nSPS) is 14.9. The van der Waals surface area contributed by atoms with Crippen molar-refractivity contribution in [3.8, 4) is 16.9 Å². The molecule has 154 valence electrons. The summed E-state index contributed by atoms with van der Waals surface area (Å²) >= 11 is 6.58. The molecule has 8 heteroatoms. The highest BCUT2D eigenvalue weighted by Gasteiger charge is 2.32. The minimum Gasteiger partial charge on any atom is -0.429 e. The van der Waals surface area contributed by atoms with Gasteiger partial charge in [-0.1, -0.05) is 48.2 Å². The lowest BCUT2D eigenvalue weighted by Gasteiger charge is -2.14. The predicted octanol–water partition coefficient (Wildman–Crippen LogP) is 4.82. The number of nitrogens with zero attached hydrogens (tertiary/aromatic N) is 2. The molecule has 0 spiro atoms. The van der Waals surface area contributed by atoms with Crippen LogP contribution in [0.25, 0.3) is 17.2 Å². The van der Waals surface area contributed by atoms with E-state index in [0.717, 1.165) is 16.7 Å². The Labute approximate surface area is 187 Å². The van der Waals surface area contributed by atoms with Gasteiger partial charge >= 0.3 is 0 Å². The molecular weight excluding hydrogens is 435 g/mol. The molecule has 31 heavy (non-hydrogen) atoms. The van der Waals surface area contributed by atoms with Crippen molar-refractivity contribution < 1.29 is 18.7 Å². The van der Waals surface area contributed by atoms with Crippen LogP contribution in [0.15, 0.2) is 71.8 Å². The van der Waals surface area contributed by atoms with Gasteiger partial charge in [-0.05, 0) is 59.2 Å². The summed E-state index contributed by atoms with van der Waals surface area (Å²) in [5, 5.41) is 0. The SMILES string of the molecule is O=COc1ccc(-c2ccnc(/C=C3\SC(=S)N(Cc4ccc(F)cc4)C3=O)c2)cc1. The second kappa shape index (κ2) is 9.20. The quantitative estimate of drug-likeness (QED) is 0.305. The van der Waals surface area contributed by atoms with Crippen LogP contribution >= 0.6 is 24.0 Å². The number of carbonyl (C=O) groups is 2. The van der Waals surface area contributed by atoms with Crippen LogP contribution in [0, 0.1) is 5.82 Å². The molecule has 1 fully saturated rings. The van der Waals surface area contributed by atoms with Crippen molar-refractivity contribution in [1.29, 1.82) is 0 Å². The molecule has 4 rings (SSSR count). The van der Waals surface area contributed by atoms with E-state index < -0.39 is 0 Å². The summed E-state index contributed by atoms with van der Waals surface area (Å²) in [5.41, 5.74) is 3.23. The highest BCUT2D eigenvalue weighted by Crippen LogP contribution is 2.34. The number of amides is 1. The lowest BCUT2D eigenvalue weighted by Crippen LogP contribution is -2.27. The van der Waals surface area contributed by atoms with Crippen molar-refractivity contribution in [1.82, 2.24) is 9.88 Å². The molecule has 0 aliphatic carbocycles. The average molecular weight is 451 g/mol. The van der Waals surface area contributed by atoms with Crippen molar-refractivity contribution in [2.45, 2.75) is 6.54 Å². The lowest BCUT2D eigenvalue weighted by molar-refractivity contribution is -0.122. The summed E-state index contributed by atoms with van der Waals surface area (Å²) in [4.78, 5) is 29.6. The zero-order valence-electron chi connectivity index (χ0n) is 16.0. The monoisotopic (exact) mass is 450 g/mol. The summed E-state index contributed by atoms with van der Waals surface area (Å²) < 4.78 is 18.4. The number of thiocarbonyl (C=S) groups is 1. The Morgan fingerprint density at radius 3 is 2.52 bits per heavy atom. The van der Waals surface area contributed by atoms with E-state index in [0.29, 0.717) is 27.1 Å². The van der Waals surface area contributed by atoms with Crippen LogP contribution in [0.1, 0.15) is 11.3 Å². The molecule has 0 radical (unpaired) electrons. The molecule has 1 aliphatic heterocycles. The summed E-state index contributed by atoms with van der Waals surface area (Å²) in [5.74, 6) is -0.0781. The summed E-state index contributed by atoms with van der Waals surface area (Å²) in [6, 6.07) is 16.8. The van der Waals surface area contributed by atoms with Gasteiger partial charge in [-0.15, -0.1) is 0 Å². The van der Waals surface area contributed by atoms with E-state index in [1.54, 1.807) is 36.5 Å². The summed E-state index contributed by atoms with van der Waals surface area (Å²) in [7, 11) is 0. The fourth-order valence-electron chi connectivity index (χ4n) is 3.03. The number of aromatic nitrogens is 1. The van der Waals surface area contributed by atoms with Crippen LogP contribution in [0.4, 0.5) is 4.39 Å². The summed E-state index contributed by atoms with van der Waals surface area (Å²) in [6.45, 7) is 0.663. The molecule has 1 aliphatic rings. The minimum atomic E-state index is -0.328. The van der Waals surface area contributed by atoms with Crippen molar-refractivity contribution in [3.63, 3.8) is 0 Å². The van der Waals surface area contributed by atoms with Gasteiger partial charge in [0.2, 0.25) is 0 Å². The number of halogens is 1. The Morgan fingerprint density at radius 1 is 1.06 bits per heavy atom. The van der Waals surface area contributed by atoms with E-state index in [2.05, 4.69) is 4.98 Å². The standard InChI is InChI=1S/C23H15FN2O3S2/c24-18-5-1-15(2-6-18)13-26-22(28)21(31-23(26)30)12-19-11-17(9-10-25-19)16-3-7-20(8-4-16)29-14-27/h1-12,14H,13H2/b21-12-. The Hall–Kier alpha value is -3.36. The molecule has 0 bridgehead atoms. The average Bonchev–Trinajstić information content (AvgIpc) is 3.03. The van der Waals surface area contributed by atoms with Crippen LogP contribution in [-0.2, 0) is 16.1 Å². The van der Waals surface area contributed by atoms with Crippen molar-refractivity contribution >= 4 is 46.8 Å². The maximum atomic E-state index is 13.1. The molecule has 0 saturated carbocycles. The molecule has 5 nitrogen and oxygen atoms in total.